The van der Waals surface area contributed by atoms with E-state index in [-0.39, 0.29) is 17.4 Å². The third kappa shape index (κ3) is 4.98. The number of aromatic amines is 1. The predicted molar refractivity (Wildman–Crippen MR) is 156 cm³/mol. The van der Waals surface area contributed by atoms with Crippen molar-refractivity contribution in [3.05, 3.63) is 89.0 Å². The van der Waals surface area contributed by atoms with Crippen LogP contribution in [0.4, 0.5) is 11.4 Å². The lowest BCUT2D eigenvalue weighted by molar-refractivity contribution is -0.120. The van der Waals surface area contributed by atoms with Crippen molar-refractivity contribution < 1.29 is 19.8 Å². The summed E-state index contributed by atoms with van der Waals surface area (Å²) >= 11 is 0. The molecule has 4 aromatic rings. The van der Waals surface area contributed by atoms with Gasteiger partial charge in [-0.05, 0) is 74.2 Å². The van der Waals surface area contributed by atoms with Gasteiger partial charge < -0.3 is 20.1 Å². The van der Waals surface area contributed by atoms with Gasteiger partial charge in [0.15, 0.2) is 5.88 Å². The smallest absolute Gasteiger partial charge is 0.335 e. The van der Waals surface area contributed by atoms with Crippen LogP contribution < -0.4 is 4.90 Å². The van der Waals surface area contributed by atoms with Crippen LogP contribution in [0.3, 0.4) is 0 Å². The SMILES string of the molecule is CC1CCN(CC(=O)N2CCc3cc(N=C(c4ccccc4)c4c(O)[nH]c5cc(C(=O)O)ccc45)ccc32)CC1. The molecule has 0 atom stereocenters. The van der Waals surface area contributed by atoms with E-state index in [1.165, 1.54) is 12.1 Å². The van der Waals surface area contributed by atoms with Gasteiger partial charge in [-0.1, -0.05) is 43.3 Å². The molecule has 8 nitrogen and oxygen atoms in total. The Labute approximate surface area is 232 Å². The normalized spacial score (nSPS) is 16.4. The number of carboxylic acid groups (broad SMARTS) is 1. The van der Waals surface area contributed by atoms with Crippen LogP contribution in [0.25, 0.3) is 10.9 Å². The summed E-state index contributed by atoms with van der Waals surface area (Å²) in [6, 6.07) is 20.2. The lowest BCUT2D eigenvalue weighted by Crippen LogP contribution is -2.42. The van der Waals surface area contributed by atoms with E-state index in [4.69, 9.17) is 4.99 Å². The Morgan fingerprint density at radius 2 is 1.75 bits per heavy atom. The average molecular weight is 537 g/mol. The molecule has 40 heavy (non-hydrogen) atoms. The van der Waals surface area contributed by atoms with Crippen LogP contribution in [-0.2, 0) is 11.2 Å². The molecule has 1 aromatic heterocycles. The molecule has 204 valence electrons. The van der Waals surface area contributed by atoms with Crippen molar-refractivity contribution in [2.75, 3.05) is 31.1 Å². The van der Waals surface area contributed by atoms with Gasteiger partial charge in [-0.15, -0.1) is 0 Å². The van der Waals surface area contributed by atoms with Crippen LogP contribution in [-0.4, -0.2) is 63.9 Å². The topological polar surface area (TPSA) is 109 Å². The quantitative estimate of drug-likeness (QED) is 0.288. The summed E-state index contributed by atoms with van der Waals surface area (Å²) < 4.78 is 0. The number of hydrogen-bond donors (Lipinski definition) is 3. The highest BCUT2D eigenvalue weighted by Crippen LogP contribution is 2.35. The summed E-state index contributed by atoms with van der Waals surface area (Å²) in [6.07, 6.45) is 3.04. The third-order valence-corrected chi connectivity index (χ3v) is 8.05. The van der Waals surface area contributed by atoms with Gasteiger partial charge in [0.2, 0.25) is 5.91 Å². The Morgan fingerprint density at radius 3 is 2.50 bits per heavy atom. The van der Waals surface area contributed by atoms with Gasteiger partial charge in [0.25, 0.3) is 0 Å². The first-order valence-corrected chi connectivity index (χ1v) is 13.8. The molecule has 0 unspecified atom stereocenters. The van der Waals surface area contributed by atoms with Crippen molar-refractivity contribution in [3.63, 3.8) is 0 Å². The maximum Gasteiger partial charge on any atom is 0.335 e. The summed E-state index contributed by atoms with van der Waals surface area (Å²) in [7, 11) is 0. The lowest BCUT2D eigenvalue weighted by Gasteiger charge is -2.31. The zero-order valence-electron chi connectivity index (χ0n) is 22.4. The van der Waals surface area contributed by atoms with Crippen molar-refractivity contribution in [3.8, 4) is 5.88 Å². The molecule has 0 spiro atoms. The summed E-state index contributed by atoms with van der Waals surface area (Å²) in [5.41, 5.74) is 5.26. The first-order chi connectivity index (χ1) is 19.4. The van der Waals surface area contributed by atoms with Gasteiger partial charge in [0.05, 0.1) is 29.1 Å². The van der Waals surface area contributed by atoms with Crippen LogP contribution in [0.1, 0.15) is 46.8 Å². The Balaban J connectivity index is 1.34. The van der Waals surface area contributed by atoms with Gasteiger partial charge in [0.1, 0.15) is 0 Å². The monoisotopic (exact) mass is 536 g/mol. The number of anilines is 1. The number of nitrogens with one attached hydrogen (secondary N) is 1. The second-order valence-corrected chi connectivity index (χ2v) is 10.8. The minimum atomic E-state index is -1.04. The highest BCUT2D eigenvalue weighted by molar-refractivity contribution is 6.22. The summed E-state index contributed by atoms with van der Waals surface area (Å²) in [5.74, 6) is -0.248. The van der Waals surface area contributed by atoms with Crippen molar-refractivity contribution in [1.29, 1.82) is 0 Å². The Hall–Kier alpha value is -4.43. The van der Waals surface area contributed by atoms with Crippen LogP contribution >= 0.6 is 0 Å². The number of H-pyrrole nitrogens is 1. The molecule has 1 fully saturated rings. The molecular formula is C32H32N4O4. The number of aromatic carboxylic acids is 1. The number of carboxylic acids is 1. The number of carbonyl (C=O) groups excluding carboxylic acids is 1. The molecule has 6 rings (SSSR count). The van der Waals surface area contributed by atoms with Crippen LogP contribution in [0.15, 0.2) is 71.7 Å². The van der Waals surface area contributed by atoms with Gasteiger partial charge in [-0.25, -0.2) is 9.79 Å². The van der Waals surface area contributed by atoms with Gasteiger partial charge in [-0.2, -0.15) is 0 Å². The van der Waals surface area contributed by atoms with Crippen LogP contribution in [0.2, 0.25) is 0 Å². The molecule has 0 radical (unpaired) electrons. The molecule has 0 saturated carbocycles. The number of amides is 1. The van der Waals surface area contributed by atoms with Crippen molar-refractivity contribution in [2.45, 2.75) is 26.2 Å². The van der Waals surface area contributed by atoms with Gasteiger partial charge >= 0.3 is 5.97 Å². The van der Waals surface area contributed by atoms with Crippen molar-refractivity contribution in [1.82, 2.24) is 9.88 Å². The van der Waals surface area contributed by atoms with E-state index in [1.807, 2.05) is 53.4 Å². The number of hydrogen-bond acceptors (Lipinski definition) is 5. The Kier molecular flexibility index (Phi) is 6.86. The van der Waals surface area contributed by atoms with E-state index in [0.29, 0.717) is 41.0 Å². The highest BCUT2D eigenvalue weighted by Gasteiger charge is 2.27. The Morgan fingerprint density at radius 1 is 0.975 bits per heavy atom. The molecule has 2 aliphatic rings. The van der Waals surface area contributed by atoms with E-state index < -0.39 is 5.97 Å². The van der Waals surface area contributed by atoms with E-state index in [0.717, 1.165) is 55.1 Å². The van der Waals surface area contributed by atoms with E-state index in [9.17, 15) is 19.8 Å². The number of aromatic hydroxyl groups is 1. The third-order valence-electron chi connectivity index (χ3n) is 8.05. The number of rotatable bonds is 6. The summed E-state index contributed by atoms with van der Waals surface area (Å²) in [5, 5.41) is 21.0. The number of fused-ring (bicyclic) bond motifs is 2. The first-order valence-electron chi connectivity index (χ1n) is 13.8. The molecule has 1 saturated heterocycles. The fraction of sp³-hybridized carbons (Fsp3) is 0.281. The number of carbonyl (C=O) groups is 2. The minimum absolute atomic E-state index is 0.0785. The predicted octanol–water partition coefficient (Wildman–Crippen LogP) is 5.36. The number of aromatic nitrogens is 1. The molecule has 3 heterocycles. The zero-order chi connectivity index (χ0) is 27.8. The molecule has 8 heteroatoms. The number of likely N-dealkylation sites (tertiary alicyclic amines) is 1. The summed E-state index contributed by atoms with van der Waals surface area (Å²) in [6.45, 7) is 5.33. The molecule has 2 aliphatic heterocycles. The lowest BCUT2D eigenvalue weighted by atomic mass is 9.99. The maximum absolute atomic E-state index is 13.2. The van der Waals surface area contributed by atoms with Crippen LogP contribution in [0, 0.1) is 5.92 Å². The largest absolute Gasteiger partial charge is 0.494 e. The molecular weight excluding hydrogens is 504 g/mol. The Bertz CT molecular complexity index is 1620. The standard InChI is InChI=1S/C32H32N4O4/c1-20-11-14-35(15-12-20)19-28(37)36-16-13-22-17-24(8-10-27(22)36)33-30(21-5-3-2-4-6-21)29-25-9-7-23(32(39)40)18-26(25)34-31(29)38/h2-10,17-18,20,34,38H,11-16,19H2,1H3,(H,39,40). The fourth-order valence-corrected chi connectivity index (χ4v) is 5.76. The minimum Gasteiger partial charge on any atom is -0.494 e. The van der Waals surface area contributed by atoms with Gasteiger partial charge in [-0.3, -0.25) is 9.69 Å². The van der Waals surface area contributed by atoms with Gasteiger partial charge in [0, 0.05) is 28.7 Å². The van der Waals surface area contributed by atoms with E-state index >= 15 is 0 Å². The maximum atomic E-state index is 13.2. The second-order valence-electron chi connectivity index (χ2n) is 10.8. The van der Waals surface area contributed by atoms with Crippen molar-refractivity contribution in [2.24, 2.45) is 10.9 Å². The molecule has 0 bridgehead atoms. The fourth-order valence-electron chi connectivity index (χ4n) is 5.76. The molecule has 1 amide bonds. The zero-order valence-corrected chi connectivity index (χ0v) is 22.4. The first kappa shape index (κ1) is 25.8. The average Bonchev–Trinajstić information content (AvgIpc) is 3.53. The molecule has 3 N–H and O–H groups in total. The number of piperidine rings is 1. The summed E-state index contributed by atoms with van der Waals surface area (Å²) in [4.78, 5) is 36.7. The number of nitrogens with zero attached hydrogens (tertiary/aromatic N) is 3. The number of aliphatic imine (C=N–C) groups is 1. The van der Waals surface area contributed by atoms with Crippen LogP contribution in [0.5, 0.6) is 5.88 Å². The molecule has 3 aromatic carbocycles. The van der Waals surface area contributed by atoms with E-state index in [1.54, 1.807) is 6.07 Å². The van der Waals surface area contributed by atoms with Crippen molar-refractivity contribution >= 4 is 39.9 Å². The van der Waals surface area contributed by atoms with E-state index in [2.05, 4.69) is 16.8 Å². The second kappa shape index (κ2) is 10.6. The number of benzene rings is 3. The molecule has 0 aliphatic carbocycles. The highest BCUT2D eigenvalue weighted by atomic mass is 16.4.